The number of nitrogens with zero attached hydrogens (tertiary/aromatic N) is 7. The van der Waals surface area contributed by atoms with Crippen molar-refractivity contribution in [1.29, 1.82) is 0 Å². The van der Waals surface area contributed by atoms with Crippen molar-refractivity contribution in [3.63, 3.8) is 0 Å². The SMILES string of the molecule is Cc1cn(-c2ccc(S(=O)(=O)Nc3cc(F)c(C(=O)N[C@@H](Cc4ccc(-n5c(=O)c6ccncc6n(C)c5=O)cn4)C(=O)O)cc3F)cc2)nn1. The van der Waals surface area contributed by atoms with Crippen molar-refractivity contribution in [3.05, 3.63) is 129 Å². The van der Waals surface area contributed by atoms with Gasteiger partial charge in [-0.05, 0) is 55.5 Å². The van der Waals surface area contributed by atoms with Gasteiger partial charge in [0.15, 0.2) is 0 Å². The third-order valence-corrected chi connectivity index (χ3v) is 9.10. The van der Waals surface area contributed by atoms with Crippen molar-refractivity contribution in [2.45, 2.75) is 24.3 Å². The molecule has 51 heavy (non-hydrogen) atoms. The minimum Gasteiger partial charge on any atom is -0.480 e. The number of rotatable bonds is 10. The van der Waals surface area contributed by atoms with Crippen LogP contribution in [-0.4, -0.2) is 65.5 Å². The van der Waals surface area contributed by atoms with E-state index in [0.29, 0.717) is 29.0 Å². The van der Waals surface area contributed by atoms with Crippen LogP contribution >= 0.6 is 0 Å². The van der Waals surface area contributed by atoms with Gasteiger partial charge in [-0.3, -0.25) is 28.8 Å². The number of hydrogen-bond donors (Lipinski definition) is 3. The summed E-state index contributed by atoms with van der Waals surface area (Å²) in [6, 6.07) is 8.68. The fraction of sp³-hybridized carbons (Fsp3) is 0.125. The molecule has 6 aromatic rings. The summed E-state index contributed by atoms with van der Waals surface area (Å²) in [5.74, 6) is -5.48. The summed E-state index contributed by atoms with van der Waals surface area (Å²) in [6.07, 6.45) is 5.15. The molecule has 0 unspecified atom stereocenters. The second-order valence-corrected chi connectivity index (χ2v) is 12.8. The average molecular weight is 718 g/mol. The Kier molecular flexibility index (Phi) is 8.96. The molecule has 1 atom stereocenters. The van der Waals surface area contributed by atoms with E-state index in [0.717, 1.165) is 4.57 Å². The number of amides is 1. The predicted octanol–water partition coefficient (Wildman–Crippen LogP) is 1.87. The largest absolute Gasteiger partial charge is 0.480 e. The van der Waals surface area contributed by atoms with Crippen LogP contribution < -0.4 is 21.3 Å². The number of aromatic nitrogens is 7. The lowest BCUT2D eigenvalue weighted by molar-refractivity contribution is -0.139. The van der Waals surface area contributed by atoms with Crippen LogP contribution in [0, 0.1) is 18.6 Å². The van der Waals surface area contributed by atoms with E-state index in [9.17, 15) is 32.7 Å². The van der Waals surface area contributed by atoms with Crippen molar-refractivity contribution in [2.24, 2.45) is 7.05 Å². The molecular weight excluding hydrogens is 692 g/mol. The zero-order valence-corrected chi connectivity index (χ0v) is 27.3. The molecule has 0 radical (unpaired) electrons. The van der Waals surface area contributed by atoms with Gasteiger partial charge < -0.3 is 10.4 Å². The number of carbonyl (C=O) groups excluding carboxylic acids is 1. The van der Waals surface area contributed by atoms with Gasteiger partial charge in [-0.2, -0.15) is 0 Å². The normalized spacial score (nSPS) is 12.1. The van der Waals surface area contributed by atoms with E-state index in [1.54, 1.807) is 13.1 Å². The Morgan fingerprint density at radius 2 is 1.71 bits per heavy atom. The monoisotopic (exact) mass is 717 g/mol. The highest BCUT2D eigenvalue weighted by atomic mass is 32.2. The zero-order valence-electron chi connectivity index (χ0n) is 26.5. The van der Waals surface area contributed by atoms with Gasteiger partial charge in [0.25, 0.3) is 21.5 Å². The number of sulfonamides is 1. The summed E-state index contributed by atoms with van der Waals surface area (Å²) in [5, 5.41) is 19.8. The number of fused-ring (bicyclic) bond motifs is 1. The molecule has 0 saturated heterocycles. The van der Waals surface area contributed by atoms with E-state index in [4.69, 9.17) is 0 Å². The van der Waals surface area contributed by atoms with E-state index >= 15 is 8.78 Å². The van der Waals surface area contributed by atoms with Crippen LogP contribution in [0.2, 0.25) is 0 Å². The number of anilines is 1. The Labute approximate surface area is 285 Å². The molecule has 4 aromatic heterocycles. The summed E-state index contributed by atoms with van der Waals surface area (Å²) in [7, 11) is -2.94. The van der Waals surface area contributed by atoms with Crippen LogP contribution in [0.5, 0.6) is 0 Å². The molecule has 6 rings (SSSR count). The number of aliphatic carboxylic acids is 1. The molecule has 19 heteroatoms. The molecule has 260 valence electrons. The minimum absolute atomic E-state index is 0.0890. The molecule has 0 aliphatic carbocycles. The van der Waals surface area contributed by atoms with E-state index in [1.165, 1.54) is 77.4 Å². The fourth-order valence-corrected chi connectivity index (χ4v) is 6.15. The van der Waals surface area contributed by atoms with E-state index in [1.807, 2.05) is 4.72 Å². The van der Waals surface area contributed by atoms with Crippen molar-refractivity contribution in [3.8, 4) is 11.4 Å². The van der Waals surface area contributed by atoms with Gasteiger partial charge >= 0.3 is 11.7 Å². The van der Waals surface area contributed by atoms with E-state index in [2.05, 4.69) is 25.6 Å². The molecule has 4 heterocycles. The molecule has 0 bridgehead atoms. The van der Waals surface area contributed by atoms with Crippen LogP contribution in [0.3, 0.4) is 0 Å². The molecular formula is C32H25F2N9O7S. The number of halogens is 2. The lowest BCUT2D eigenvalue weighted by atomic mass is 10.1. The summed E-state index contributed by atoms with van der Waals surface area (Å²) < 4.78 is 61.4. The van der Waals surface area contributed by atoms with Gasteiger partial charge in [-0.25, -0.2) is 36.0 Å². The molecule has 2 aromatic carbocycles. The number of carbonyl (C=O) groups is 2. The second-order valence-electron chi connectivity index (χ2n) is 11.2. The topological polar surface area (TPSA) is 213 Å². The average Bonchev–Trinajstić information content (AvgIpc) is 3.55. The molecule has 0 spiro atoms. The number of carboxylic acids is 1. The number of carboxylic acid groups (broad SMARTS) is 1. The molecule has 3 N–H and O–H groups in total. The smallest absolute Gasteiger partial charge is 0.335 e. The fourth-order valence-electron chi connectivity index (χ4n) is 5.09. The second kappa shape index (κ2) is 13.3. The zero-order chi connectivity index (χ0) is 36.6. The van der Waals surface area contributed by atoms with Gasteiger partial charge in [-0.1, -0.05) is 5.21 Å². The Morgan fingerprint density at radius 1 is 0.980 bits per heavy atom. The summed E-state index contributed by atoms with van der Waals surface area (Å²) in [6.45, 7) is 1.72. The van der Waals surface area contributed by atoms with Crippen molar-refractivity contribution < 1.29 is 31.9 Å². The first kappa shape index (κ1) is 34.2. The number of pyridine rings is 2. The van der Waals surface area contributed by atoms with E-state index in [-0.39, 0.29) is 21.7 Å². The highest BCUT2D eigenvalue weighted by Crippen LogP contribution is 2.24. The number of hydrogen-bond acceptors (Lipinski definition) is 10. The predicted molar refractivity (Wildman–Crippen MR) is 176 cm³/mol. The van der Waals surface area contributed by atoms with Crippen LogP contribution in [0.15, 0.2) is 93.9 Å². The molecule has 1 amide bonds. The van der Waals surface area contributed by atoms with Gasteiger partial charge in [0, 0.05) is 31.4 Å². The maximum atomic E-state index is 15.1. The Hall–Kier alpha value is -6.63. The molecule has 16 nitrogen and oxygen atoms in total. The third kappa shape index (κ3) is 6.81. The van der Waals surface area contributed by atoms with E-state index < -0.39 is 68.5 Å². The maximum Gasteiger partial charge on any atom is 0.335 e. The van der Waals surface area contributed by atoms with Crippen molar-refractivity contribution in [1.82, 2.24) is 39.4 Å². The lowest BCUT2D eigenvalue weighted by Gasteiger charge is -2.16. The summed E-state index contributed by atoms with van der Waals surface area (Å²) in [4.78, 5) is 58.7. The van der Waals surface area contributed by atoms with Crippen LogP contribution in [0.4, 0.5) is 14.5 Å². The first-order valence-electron chi connectivity index (χ1n) is 14.8. The quantitative estimate of drug-likeness (QED) is 0.186. The highest BCUT2D eigenvalue weighted by Gasteiger charge is 2.26. The van der Waals surface area contributed by atoms with Crippen LogP contribution in [-0.2, 0) is 28.3 Å². The van der Waals surface area contributed by atoms with Gasteiger partial charge in [-0.15, -0.1) is 5.10 Å². The van der Waals surface area contributed by atoms with Gasteiger partial charge in [0.05, 0.1) is 62.7 Å². The van der Waals surface area contributed by atoms with Crippen LogP contribution in [0.25, 0.3) is 22.3 Å². The van der Waals surface area contributed by atoms with Crippen molar-refractivity contribution >= 4 is 38.5 Å². The van der Waals surface area contributed by atoms with Gasteiger partial charge in [0.1, 0.15) is 17.7 Å². The first-order valence-corrected chi connectivity index (χ1v) is 16.3. The molecule has 0 saturated carbocycles. The summed E-state index contributed by atoms with van der Waals surface area (Å²) >= 11 is 0. The first-order chi connectivity index (χ1) is 24.2. The molecule has 0 aliphatic heterocycles. The lowest BCUT2D eigenvalue weighted by Crippen LogP contribution is -2.42. The summed E-state index contributed by atoms with van der Waals surface area (Å²) in [5.41, 5.74) is -1.33. The van der Waals surface area contributed by atoms with Crippen molar-refractivity contribution in [2.75, 3.05) is 4.72 Å². The molecule has 0 fully saturated rings. The third-order valence-electron chi connectivity index (χ3n) is 7.72. The number of benzene rings is 2. The Balaban J connectivity index is 1.16. The Bertz CT molecular complexity index is 2570. The standard InChI is InChI=1S/C32H25F2N9O7S/c1-17-16-42(40-38-17)19-5-7-21(8-6-19)51(49,50)39-26-13-24(33)23(12-25(26)34)29(44)37-27(31(46)47)11-18-3-4-20(14-36-18)43-30(45)22-9-10-35-15-28(22)41(2)32(43)48/h3-10,12-16,27,39H,11H2,1-2H3,(H,37,44)(H,46,47)/t27-/m0/s1. The molecule has 0 aliphatic rings. The Morgan fingerprint density at radius 3 is 2.35 bits per heavy atom. The maximum absolute atomic E-state index is 15.1. The van der Waals surface area contributed by atoms with Crippen LogP contribution in [0.1, 0.15) is 21.7 Å². The number of aryl methyl sites for hydroxylation is 2. The number of nitrogens with one attached hydrogen (secondary N) is 2. The highest BCUT2D eigenvalue weighted by molar-refractivity contribution is 7.92. The minimum atomic E-state index is -4.41. The van der Waals surface area contributed by atoms with Gasteiger partial charge in [0.2, 0.25) is 0 Å².